The van der Waals surface area contributed by atoms with Gasteiger partial charge in [0, 0.05) is 5.03 Å². The van der Waals surface area contributed by atoms with E-state index in [0.717, 1.165) is 5.56 Å². The van der Waals surface area contributed by atoms with Crippen molar-refractivity contribution >= 4 is 23.2 Å². The van der Waals surface area contributed by atoms with Crippen LogP contribution in [0.1, 0.15) is 18.6 Å². The summed E-state index contributed by atoms with van der Waals surface area (Å²) in [5.74, 6) is 0.530. The second-order valence-corrected chi connectivity index (χ2v) is 4.11. The van der Waals surface area contributed by atoms with Crippen molar-refractivity contribution in [2.24, 2.45) is 0 Å². The van der Waals surface area contributed by atoms with Crippen molar-refractivity contribution in [1.82, 2.24) is 0 Å². The average molecular weight is 247 g/mol. The second kappa shape index (κ2) is 5.40. The molecule has 0 aliphatic heterocycles. The van der Waals surface area contributed by atoms with Gasteiger partial charge in [-0.05, 0) is 24.6 Å². The Labute approximate surface area is 99.1 Å². The second-order valence-electron chi connectivity index (χ2n) is 3.17. The molecule has 1 aromatic carbocycles. The van der Waals surface area contributed by atoms with Crippen LogP contribution in [0, 0.1) is 0 Å². The highest BCUT2D eigenvalue weighted by Crippen LogP contribution is 2.28. The first kappa shape index (κ1) is 12.4. The average Bonchev–Trinajstić information content (AvgIpc) is 2.15. The first-order valence-electron chi connectivity index (χ1n) is 4.44. The summed E-state index contributed by atoms with van der Waals surface area (Å²) in [6, 6.07) is 5.12. The third kappa shape index (κ3) is 3.74. The molecule has 0 fully saturated rings. The smallest absolute Gasteiger partial charge is 0.138 e. The van der Waals surface area contributed by atoms with Gasteiger partial charge >= 0.3 is 0 Å². The van der Waals surface area contributed by atoms with Crippen LogP contribution < -0.4 is 4.74 Å². The first-order chi connectivity index (χ1) is 7.00. The minimum Gasteiger partial charge on any atom is -0.486 e. The van der Waals surface area contributed by atoms with E-state index >= 15 is 0 Å². The Hall–Kier alpha value is -0.700. The Balaban J connectivity index is 2.79. The highest BCUT2D eigenvalue weighted by Gasteiger charge is 2.06. The minimum atomic E-state index is -0.542. The van der Waals surface area contributed by atoms with Gasteiger partial charge < -0.3 is 9.84 Å². The van der Waals surface area contributed by atoms with E-state index in [1.54, 1.807) is 25.1 Å². The standard InChI is InChI=1S/C11H12Cl2O2/c1-7(12)6-15-11-4-3-9(8(2)14)5-10(11)13/h3-5,8,14H,1,6H2,2H3. The fourth-order valence-corrected chi connectivity index (χ4v) is 1.35. The van der Waals surface area contributed by atoms with Crippen LogP contribution in [0.15, 0.2) is 29.8 Å². The van der Waals surface area contributed by atoms with E-state index in [9.17, 15) is 5.11 Å². The summed E-state index contributed by atoms with van der Waals surface area (Å²) in [5.41, 5.74) is 0.747. The molecule has 0 saturated carbocycles. The Kier molecular flexibility index (Phi) is 4.45. The lowest BCUT2D eigenvalue weighted by atomic mass is 10.1. The number of aliphatic hydroxyl groups excluding tert-OH is 1. The molecule has 0 aliphatic carbocycles. The van der Waals surface area contributed by atoms with Crippen LogP contribution in [-0.4, -0.2) is 11.7 Å². The normalized spacial score (nSPS) is 12.3. The molecular formula is C11H12Cl2O2. The van der Waals surface area contributed by atoms with E-state index in [1.165, 1.54) is 0 Å². The molecule has 0 amide bonds. The number of hydrogen-bond donors (Lipinski definition) is 1. The summed E-state index contributed by atoms with van der Waals surface area (Å²) in [6.07, 6.45) is -0.542. The Bertz CT molecular complexity index is 362. The Morgan fingerprint density at radius 2 is 2.27 bits per heavy atom. The van der Waals surface area contributed by atoms with E-state index in [1.807, 2.05) is 0 Å². The summed E-state index contributed by atoms with van der Waals surface area (Å²) in [7, 11) is 0. The van der Waals surface area contributed by atoms with Gasteiger partial charge in [-0.25, -0.2) is 0 Å². The van der Waals surface area contributed by atoms with Crippen molar-refractivity contribution in [1.29, 1.82) is 0 Å². The topological polar surface area (TPSA) is 29.5 Å². The number of ether oxygens (including phenoxy) is 1. The summed E-state index contributed by atoms with van der Waals surface area (Å²) in [6.45, 7) is 5.39. The number of halogens is 2. The molecule has 4 heteroatoms. The van der Waals surface area contributed by atoms with E-state index < -0.39 is 6.10 Å². The highest BCUT2D eigenvalue weighted by atomic mass is 35.5. The molecule has 82 valence electrons. The predicted molar refractivity (Wildman–Crippen MR) is 62.6 cm³/mol. The van der Waals surface area contributed by atoms with Crippen LogP contribution in [0.25, 0.3) is 0 Å². The highest BCUT2D eigenvalue weighted by molar-refractivity contribution is 6.32. The molecule has 0 saturated heterocycles. The van der Waals surface area contributed by atoms with Gasteiger partial charge in [-0.1, -0.05) is 35.8 Å². The fraction of sp³-hybridized carbons (Fsp3) is 0.273. The zero-order valence-corrected chi connectivity index (χ0v) is 9.85. The van der Waals surface area contributed by atoms with Crippen LogP contribution in [-0.2, 0) is 0 Å². The molecule has 1 rings (SSSR count). The van der Waals surface area contributed by atoms with Gasteiger partial charge in [-0.3, -0.25) is 0 Å². The third-order valence-electron chi connectivity index (χ3n) is 1.82. The van der Waals surface area contributed by atoms with Crippen molar-refractivity contribution in [3.05, 3.63) is 40.4 Å². The monoisotopic (exact) mass is 246 g/mol. The molecule has 0 spiro atoms. The SMILES string of the molecule is C=C(Cl)COc1ccc(C(C)O)cc1Cl. The maximum Gasteiger partial charge on any atom is 0.138 e. The third-order valence-corrected chi connectivity index (χ3v) is 2.23. The zero-order valence-electron chi connectivity index (χ0n) is 8.34. The van der Waals surface area contributed by atoms with E-state index in [0.29, 0.717) is 15.8 Å². The molecule has 0 radical (unpaired) electrons. The Morgan fingerprint density at radius 3 is 2.73 bits per heavy atom. The van der Waals surface area contributed by atoms with Crippen molar-refractivity contribution in [2.75, 3.05) is 6.61 Å². The van der Waals surface area contributed by atoms with Gasteiger partial charge in [0.1, 0.15) is 12.4 Å². The van der Waals surface area contributed by atoms with E-state index in [-0.39, 0.29) is 6.61 Å². The van der Waals surface area contributed by atoms with Crippen molar-refractivity contribution in [3.63, 3.8) is 0 Å². The van der Waals surface area contributed by atoms with Gasteiger partial charge in [-0.2, -0.15) is 0 Å². The van der Waals surface area contributed by atoms with Gasteiger partial charge in [-0.15, -0.1) is 0 Å². The van der Waals surface area contributed by atoms with Crippen LogP contribution in [0.4, 0.5) is 0 Å². The van der Waals surface area contributed by atoms with Gasteiger partial charge in [0.25, 0.3) is 0 Å². The molecule has 15 heavy (non-hydrogen) atoms. The van der Waals surface area contributed by atoms with Gasteiger partial charge in [0.05, 0.1) is 11.1 Å². The molecule has 0 aliphatic rings. The van der Waals surface area contributed by atoms with Crippen LogP contribution in [0.2, 0.25) is 5.02 Å². The van der Waals surface area contributed by atoms with Gasteiger partial charge in [0.15, 0.2) is 0 Å². The van der Waals surface area contributed by atoms with Crippen molar-refractivity contribution in [3.8, 4) is 5.75 Å². The van der Waals surface area contributed by atoms with Gasteiger partial charge in [0.2, 0.25) is 0 Å². The summed E-state index contributed by atoms with van der Waals surface area (Å²) in [5, 5.41) is 10.2. The lowest BCUT2D eigenvalue weighted by Gasteiger charge is -2.10. The maximum atomic E-state index is 9.32. The summed E-state index contributed by atoms with van der Waals surface area (Å²) < 4.78 is 5.29. The number of aliphatic hydroxyl groups is 1. The van der Waals surface area contributed by atoms with Crippen LogP contribution >= 0.6 is 23.2 Å². The van der Waals surface area contributed by atoms with Crippen LogP contribution in [0.3, 0.4) is 0 Å². The molecule has 1 unspecified atom stereocenters. The maximum absolute atomic E-state index is 9.32. The van der Waals surface area contributed by atoms with E-state index in [2.05, 4.69) is 6.58 Å². The summed E-state index contributed by atoms with van der Waals surface area (Å²) >= 11 is 11.5. The lowest BCUT2D eigenvalue weighted by molar-refractivity contribution is 0.199. The number of rotatable bonds is 4. The lowest BCUT2D eigenvalue weighted by Crippen LogP contribution is -1.98. The van der Waals surface area contributed by atoms with E-state index in [4.69, 9.17) is 27.9 Å². The minimum absolute atomic E-state index is 0.218. The van der Waals surface area contributed by atoms with Crippen molar-refractivity contribution < 1.29 is 9.84 Å². The molecule has 0 heterocycles. The largest absolute Gasteiger partial charge is 0.486 e. The molecule has 1 atom stereocenters. The fourth-order valence-electron chi connectivity index (χ4n) is 1.05. The Morgan fingerprint density at radius 1 is 1.60 bits per heavy atom. The van der Waals surface area contributed by atoms with Crippen LogP contribution in [0.5, 0.6) is 5.75 Å². The molecule has 1 aromatic rings. The first-order valence-corrected chi connectivity index (χ1v) is 5.20. The zero-order chi connectivity index (χ0) is 11.4. The molecular weight excluding hydrogens is 235 g/mol. The summed E-state index contributed by atoms with van der Waals surface area (Å²) in [4.78, 5) is 0. The number of hydrogen-bond acceptors (Lipinski definition) is 2. The predicted octanol–water partition coefficient (Wildman–Crippen LogP) is 3.52. The molecule has 0 aromatic heterocycles. The number of benzene rings is 1. The van der Waals surface area contributed by atoms with Crippen molar-refractivity contribution in [2.45, 2.75) is 13.0 Å². The molecule has 2 nitrogen and oxygen atoms in total. The molecule has 1 N–H and O–H groups in total. The quantitative estimate of drug-likeness (QED) is 0.881. The molecule has 0 bridgehead atoms.